The summed E-state index contributed by atoms with van der Waals surface area (Å²) in [6, 6.07) is 0. The van der Waals surface area contributed by atoms with Crippen molar-refractivity contribution < 1.29 is 12.6 Å². The van der Waals surface area contributed by atoms with E-state index in [1.54, 1.807) is 0 Å². The van der Waals surface area contributed by atoms with Gasteiger partial charge in [-0.05, 0) is 0 Å². The number of hydrogen-bond acceptors (Lipinski definition) is 3. The van der Waals surface area contributed by atoms with Crippen LogP contribution in [0.1, 0.15) is 0 Å². The summed E-state index contributed by atoms with van der Waals surface area (Å²) in [7, 11) is -3.11. The van der Waals surface area contributed by atoms with Crippen LogP contribution >= 0.6 is 9.90 Å². The zero-order valence-corrected chi connectivity index (χ0v) is 4.57. The average molecular weight is 114 g/mol. The summed E-state index contributed by atoms with van der Waals surface area (Å²) in [5.74, 6) is 0. The highest BCUT2D eigenvalue weighted by atomic mass is 32.2. The standard InChI is InChI=1S/O3S.H3P/c1-4(2)3;/h;1H3. The zero-order valence-electron chi connectivity index (χ0n) is 2.34. The van der Waals surface area contributed by atoms with Gasteiger partial charge in [0.15, 0.2) is 0 Å². The lowest BCUT2D eigenvalue weighted by Crippen LogP contribution is -1.40. The Bertz CT molecular complexity index is 76.3. The predicted molar refractivity (Wildman–Crippen MR) is 20.8 cm³/mol. The van der Waals surface area contributed by atoms with Gasteiger partial charge in [-0.15, -0.1) is 12.6 Å². The Morgan fingerprint density at radius 3 is 1.00 bits per heavy atom. The van der Waals surface area contributed by atoms with Crippen LogP contribution < -0.4 is 0 Å². The van der Waals surface area contributed by atoms with Gasteiger partial charge < -0.3 is 0 Å². The van der Waals surface area contributed by atoms with Crippen molar-refractivity contribution in [2.45, 2.75) is 0 Å². The first-order chi connectivity index (χ1) is 1.73. The highest BCUT2D eigenvalue weighted by molar-refractivity contribution is 7.59. The van der Waals surface area contributed by atoms with Crippen molar-refractivity contribution in [2.75, 3.05) is 0 Å². The Morgan fingerprint density at radius 1 is 1.00 bits per heavy atom. The summed E-state index contributed by atoms with van der Waals surface area (Å²) < 4.78 is 25.3. The molecule has 0 aliphatic rings. The Balaban J connectivity index is 0. The van der Waals surface area contributed by atoms with Gasteiger partial charge >= 0.3 is 10.6 Å². The minimum absolute atomic E-state index is 0. The van der Waals surface area contributed by atoms with E-state index in [4.69, 9.17) is 12.6 Å². The fourth-order valence-electron chi connectivity index (χ4n) is 0. The Hall–Kier alpha value is 0.0500. The minimum atomic E-state index is -3.11. The summed E-state index contributed by atoms with van der Waals surface area (Å²) in [6.45, 7) is 0. The van der Waals surface area contributed by atoms with Gasteiger partial charge in [0.1, 0.15) is 0 Å². The minimum Gasteiger partial charge on any atom is -0.153 e. The van der Waals surface area contributed by atoms with Crippen molar-refractivity contribution in [3.63, 3.8) is 0 Å². The van der Waals surface area contributed by atoms with Crippen LogP contribution in [0.2, 0.25) is 0 Å². The molecule has 0 bridgehead atoms. The van der Waals surface area contributed by atoms with Gasteiger partial charge in [-0.1, -0.05) is 0 Å². The van der Waals surface area contributed by atoms with Crippen molar-refractivity contribution in [3.8, 4) is 0 Å². The molecule has 0 radical (unpaired) electrons. The molecule has 32 valence electrons. The smallest absolute Gasteiger partial charge is 0.153 e. The van der Waals surface area contributed by atoms with Gasteiger partial charge in [-0.25, -0.2) is 0 Å². The molecule has 0 heterocycles. The van der Waals surface area contributed by atoms with Crippen molar-refractivity contribution in [3.05, 3.63) is 0 Å². The Labute approximate surface area is 34.1 Å². The second kappa shape index (κ2) is 4.05. The molecule has 0 saturated carbocycles. The average Bonchev–Trinajstić information content (AvgIpc) is 0.811. The van der Waals surface area contributed by atoms with Gasteiger partial charge in [0.05, 0.1) is 0 Å². The third-order valence-corrected chi connectivity index (χ3v) is 0. The van der Waals surface area contributed by atoms with Gasteiger partial charge in [0.25, 0.3) is 0 Å². The van der Waals surface area contributed by atoms with Crippen molar-refractivity contribution in [1.82, 2.24) is 0 Å². The van der Waals surface area contributed by atoms with E-state index < -0.39 is 10.6 Å². The van der Waals surface area contributed by atoms with Crippen LogP contribution in [0.15, 0.2) is 0 Å². The van der Waals surface area contributed by atoms with Crippen LogP contribution in [0.4, 0.5) is 0 Å². The van der Waals surface area contributed by atoms with Crippen LogP contribution in [0, 0.1) is 0 Å². The van der Waals surface area contributed by atoms with Gasteiger partial charge in [0, 0.05) is 0 Å². The van der Waals surface area contributed by atoms with Crippen LogP contribution in [0.25, 0.3) is 0 Å². The van der Waals surface area contributed by atoms with Crippen molar-refractivity contribution >= 4 is 20.5 Å². The summed E-state index contributed by atoms with van der Waals surface area (Å²) in [4.78, 5) is 0. The van der Waals surface area contributed by atoms with Crippen molar-refractivity contribution in [2.24, 2.45) is 0 Å². The number of rotatable bonds is 0. The first-order valence-corrected chi connectivity index (χ1v) is 1.50. The molecular formula is H3O3PS. The van der Waals surface area contributed by atoms with E-state index in [-0.39, 0.29) is 9.90 Å². The second-order valence-corrected chi connectivity index (χ2v) is 0.612. The molecule has 0 spiro atoms. The summed E-state index contributed by atoms with van der Waals surface area (Å²) in [5, 5.41) is 0. The van der Waals surface area contributed by atoms with E-state index in [1.807, 2.05) is 0 Å². The molecule has 0 amide bonds. The molecule has 0 N–H and O–H groups in total. The fourth-order valence-corrected chi connectivity index (χ4v) is 0. The Morgan fingerprint density at radius 2 is 1.00 bits per heavy atom. The molecule has 1 atom stereocenters. The normalized spacial score (nSPS) is 4.80. The van der Waals surface area contributed by atoms with E-state index in [0.29, 0.717) is 0 Å². The molecule has 0 saturated heterocycles. The molecule has 5 heteroatoms. The van der Waals surface area contributed by atoms with E-state index in [0.717, 1.165) is 0 Å². The van der Waals surface area contributed by atoms with Crippen LogP contribution in [-0.4, -0.2) is 12.6 Å². The molecule has 5 heavy (non-hydrogen) atoms. The fraction of sp³-hybridized carbons (Fsp3) is 0. The summed E-state index contributed by atoms with van der Waals surface area (Å²) in [6.07, 6.45) is 0. The first kappa shape index (κ1) is 8.90. The Kier molecular flexibility index (Phi) is 7.21. The van der Waals surface area contributed by atoms with Crippen molar-refractivity contribution in [1.29, 1.82) is 0 Å². The molecule has 0 aromatic carbocycles. The van der Waals surface area contributed by atoms with Crippen LogP contribution in [0.5, 0.6) is 0 Å². The summed E-state index contributed by atoms with van der Waals surface area (Å²) >= 11 is 0. The maximum atomic E-state index is 8.44. The molecule has 3 nitrogen and oxygen atoms in total. The topological polar surface area (TPSA) is 51.2 Å². The summed E-state index contributed by atoms with van der Waals surface area (Å²) in [5.41, 5.74) is 0. The van der Waals surface area contributed by atoms with E-state index in [1.165, 1.54) is 0 Å². The molecule has 0 fully saturated rings. The highest BCUT2D eigenvalue weighted by Gasteiger charge is 1.40. The van der Waals surface area contributed by atoms with Crippen LogP contribution in [0.3, 0.4) is 0 Å². The van der Waals surface area contributed by atoms with E-state index in [9.17, 15) is 0 Å². The molecule has 0 aliphatic carbocycles. The molecule has 0 aromatic heterocycles. The maximum Gasteiger partial charge on any atom is 0.425 e. The third kappa shape index (κ3) is 6810. The van der Waals surface area contributed by atoms with E-state index in [2.05, 4.69) is 0 Å². The molecule has 0 rings (SSSR count). The quantitative estimate of drug-likeness (QED) is 0.381. The maximum absolute atomic E-state index is 8.44. The monoisotopic (exact) mass is 114 g/mol. The van der Waals surface area contributed by atoms with Gasteiger partial charge in [0.2, 0.25) is 0 Å². The molecular weight excluding hydrogens is 111 g/mol. The lowest BCUT2D eigenvalue weighted by molar-refractivity contribution is 0.559. The lowest BCUT2D eigenvalue weighted by Gasteiger charge is -1.11. The zero-order chi connectivity index (χ0) is 3.58. The lowest BCUT2D eigenvalue weighted by atomic mass is 15.9. The van der Waals surface area contributed by atoms with E-state index >= 15 is 0 Å². The molecule has 0 aromatic rings. The third-order valence-electron chi connectivity index (χ3n) is 0. The van der Waals surface area contributed by atoms with Crippen LogP contribution in [-0.2, 0) is 10.6 Å². The number of hydrogen-bond donors (Lipinski definition) is 0. The van der Waals surface area contributed by atoms with Gasteiger partial charge in [-0.3, -0.25) is 0 Å². The van der Waals surface area contributed by atoms with Gasteiger partial charge in [-0.2, -0.15) is 9.90 Å². The second-order valence-electron chi connectivity index (χ2n) is 0.204. The predicted octanol–water partition coefficient (Wildman–Crippen LogP) is -0.946. The molecule has 0 aliphatic heterocycles. The first-order valence-electron chi connectivity index (χ1n) is 0.500. The SMILES string of the molecule is O=S(=O)=O.P. The molecule has 1 unspecified atom stereocenters. The highest BCUT2D eigenvalue weighted by Crippen LogP contribution is 1.07. The largest absolute Gasteiger partial charge is 0.425 e.